The molecule has 2 aromatic rings. The number of pyridine rings is 1. The molecule has 172 valence electrons. The summed E-state index contributed by atoms with van der Waals surface area (Å²) in [5, 5.41) is 3.43. The molecular formula is C24H30ClN3O4. The van der Waals surface area contributed by atoms with Crippen molar-refractivity contribution in [3.63, 3.8) is 0 Å². The van der Waals surface area contributed by atoms with E-state index in [2.05, 4.69) is 5.32 Å². The first-order valence-electron chi connectivity index (χ1n) is 11.0. The Hall–Kier alpha value is -2.64. The zero-order valence-electron chi connectivity index (χ0n) is 18.6. The van der Waals surface area contributed by atoms with Crippen molar-refractivity contribution in [1.82, 2.24) is 14.8 Å². The molecule has 2 heterocycles. The normalized spacial score (nSPS) is 16.1. The molecule has 3 rings (SSSR count). The molecule has 0 unspecified atom stereocenters. The minimum atomic E-state index is -0.540. The number of ether oxygens (including phenoxy) is 1. The lowest BCUT2D eigenvalue weighted by atomic mass is 10.0. The number of carbonyl (C=O) groups is 2. The molecule has 1 aliphatic rings. The van der Waals surface area contributed by atoms with E-state index in [-0.39, 0.29) is 23.1 Å². The van der Waals surface area contributed by atoms with Crippen LogP contribution in [0.4, 0.5) is 0 Å². The van der Waals surface area contributed by atoms with Crippen LogP contribution in [0.3, 0.4) is 0 Å². The predicted octanol–water partition coefficient (Wildman–Crippen LogP) is 3.14. The van der Waals surface area contributed by atoms with Crippen molar-refractivity contribution in [2.75, 3.05) is 26.8 Å². The van der Waals surface area contributed by atoms with E-state index in [1.165, 1.54) is 12.4 Å². The van der Waals surface area contributed by atoms with Crippen LogP contribution < -0.4 is 10.7 Å². The van der Waals surface area contributed by atoms with Gasteiger partial charge in [-0.05, 0) is 50.3 Å². The Morgan fingerprint density at radius 2 is 2.00 bits per heavy atom. The highest BCUT2D eigenvalue weighted by atomic mass is 35.5. The maximum absolute atomic E-state index is 13.2. The number of nitrogens with zero attached hydrogens (tertiary/aromatic N) is 2. The summed E-state index contributed by atoms with van der Waals surface area (Å²) >= 11 is 6.01. The molecule has 1 fully saturated rings. The van der Waals surface area contributed by atoms with E-state index >= 15 is 0 Å². The number of aromatic nitrogens is 1. The summed E-state index contributed by atoms with van der Waals surface area (Å²) in [6, 6.07) is 7.47. The van der Waals surface area contributed by atoms with Crippen LogP contribution in [0.2, 0.25) is 5.02 Å². The van der Waals surface area contributed by atoms with Crippen LogP contribution in [0.25, 0.3) is 0 Å². The number of piperidine rings is 1. The first-order valence-corrected chi connectivity index (χ1v) is 11.3. The minimum Gasteiger partial charge on any atom is -0.383 e. The van der Waals surface area contributed by atoms with E-state index in [0.717, 1.165) is 24.8 Å². The van der Waals surface area contributed by atoms with Crippen LogP contribution >= 0.6 is 11.6 Å². The predicted molar refractivity (Wildman–Crippen MR) is 124 cm³/mol. The van der Waals surface area contributed by atoms with E-state index in [4.69, 9.17) is 16.3 Å². The Kier molecular flexibility index (Phi) is 8.47. The Morgan fingerprint density at radius 1 is 1.22 bits per heavy atom. The molecule has 0 aliphatic carbocycles. The lowest BCUT2D eigenvalue weighted by molar-refractivity contribution is 0.0633. The number of nitrogens with one attached hydrogen (secondary N) is 1. The van der Waals surface area contributed by atoms with Crippen LogP contribution in [-0.2, 0) is 17.7 Å². The Labute approximate surface area is 193 Å². The Morgan fingerprint density at radius 3 is 2.72 bits per heavy atom. The van der Waals surface area contributed by atoms with Gasteiger partial charge in [0.1, 0.15) is 11.1 Å². The van der Waals surface area contributed by atoms with Gasteiger partial charge in [-0.1, -0.05) is 23.7 Å². The fourth-order valence-electron chi connectivity index (χ4n) is 3.93. The smallest absolute Gasteiger partial charge is 0.259 e. The van der Waals surface area contributed by atoms with Gasteiger partial charge in [-0.3, -0.25) is 14.4 Å². The van der Waals surface area contributed by atoms with Crippen molar-refractivity contribution >= 4 is 23.4 Å². The third kappa shape index (κ3) is 5.99. The number of benzene rings is 1. The molecule has 7 nitrogen and oxygen atoms in total. The van der Waals surface area contributed by atoms with Crippen molar-refractivity contribution in [2.24, 2.45) is 0 Å². The molecule has 32 heavy (non-hydrogen) atoms. The maximum Gasteiger partial charge on any atom is 0.259 e. The highest BCUT2D eigenvalue weighted by Gasteiger charge is 2.28. The van der Waals surface area contributed by atoms with Gasteiger partial charge in [-0.25, -0.2) is 0 Å². The third-order valence-corrected chi connectivity index (χ3v) is 5.99. The van der Waals surface area contributed by atoms with Gasteiger partial charge in [-0.15, -0.1) is 0 Å². The Bertz CT molecular complexity index is 1020. The fraction of sp³-hybridized carbons (Fsp3) is 0.458. The summed E-state index contributed by atoms with van der Waals surface area (Å²) < 4.78 is 6.81. The van der Waals surface area contributed by atoms with Crippen molar-refractivity contribution < 1.29 is 14.3 Å². The SMILES string of the molecule is COCCn1cc(C(=O)NCCc2cccc(Cl)c2)c(=O)c(C(=O)N2CCCC[C@H]2C)c1. The van der Waals surface area contributed by atoms with Gasteiger partial charge < -0.3 is 19.5 Å². The monoisotopic (exact) mass is 459 g/mol. The molecule has 0 radical (unpaired) electrons. The van der Waals surface area contributed by atoms with Gasteiger partial charge in [0.25, 0.3) is 11.8 Å². The molecule has 0 spiro atoms. The van der Waals surface area contributed by atoms with Crippen LogP contribution in [0.1, 0.15) is 52.5 Å². The molecule has 1 aromatic heterocycles. The molecule has 0 saturated carbocycles. The number of methoxy groups -OCH3 is 1. The van der Waals surface area contributed by atoms with Gasteiger partial charge in [-0.2, -0.15) is 0 Å². The van der Waals surface area contributed by atoms with E-state index in [0.29, 0.717) is 37.7 Å². The van der Waals surface area contributed by atoms with Crippen molar-refractivity contribution in [2.45, 2.75) is 45.2 Å². The summed E-state index contributed by atoms with van der Waals surface area (Å²) in [5.41, 5.74) is 0.431. The summed E-state index contributed by atoms with van der Waals surface area (Å²) in [6.07, 6.45) is 6.50. The van der Waals surface area contributed by atoms with Crippen LogP contribution in [0, 0.1) is 0 Å². The average Bonchev–Trinajstić information content (AvgIpc) is 2.78. The summed E-state index contributed by atoms with van der Waals surface area (Å²) in [5.74, 6) is -0.813. The average molecular weight is 460 g/mol. The second-order valence-electron chi connectivity index (χ2n) is 8.12. The molecule has 1 atom stereocenters. The molecular weight excluding hydrogens is 430 g/mol. The van der Waals surface area contributed by atoms with Gasteiger partial charge in [0.05, 0.1) is 6.61 Å². The number of hydrogen-bond donors (Lipinski definition) is 1. The Balaban J connectivity index is 1.81. The molecule has 1 aromatic carbocycles. The number of hydrogen-bond acceptors (Lipinski definition) is 4. The lowest BCUT2D eigenvalue weighted by Gasteiger charge is -2.33. The number of carbonyl (C=O) groups excluding carboxylic acids is 2. The van der Waals surface area contributed by atoms with Crippen LogP contribution in [0.15, 0.2) is 41.5 Å². The molecule has 1 aliphatic heterocycles. The van der Waals surface area contributed by atoms with E-state index in [1.54, 1.807) is 22.6 Å². The number of likely N-dealkylation sites (tertiary alicyclic amines) is 1. The highest BCUT2D eigenvalue weighted by Crippen LogP contribution is 2.18. The molecule has 0 bridgehead atoms. The van der Waals surface area contributed by atoms with Gasteiger partial charge in [0, 0.05) is 50.2 Å². The zero-order chi connectivity index (χ0) is 23.1. The van der Waals surface area contributed by atoms with E-state index in [1.807, 2.05) is 25.1 Å². The minimum absolute atomic E-state index is 0.0253. The quantitative estimate of drug-likeness (QED) is 0.657. The van der Waals surface area contributed by atoms with E-state index < -0.39 is 11.3 Å². The molecule has 8 heteroatoms. The summed E-state index contributed by atoms with van der Waals surface area (Å²) in [7, 11) is 1.58. The first-order chi connectivity index (χ1) is 15.4. The fourth-order valence-corrected chi connectivity index (χ4v) is 4.15. The number of amides is 2. The second kappa shape index (κ2) is 11.3. The van der Waals surface area contributed by atoms with Gasteiger partial charge >= 0.3 is 0 Å². The van der Waals surface area contributed by atoms with Crippen molar-refractivity contribution in [3.05, 3.63) is 68.6 Å². The largest absolute Gasteiger partial charge is 0.383 e. The summed E-state index contributed by atoms with van der Waals surface area (Å²) in [6.45, 7) is 3.78. The maximum atomic E-state index is 13.2. The third-order valence-electron chi connectivity index (χ3n) is 5.76. The van der Waals surface area contributed by atoms with Crippen molar-refractivity contribution in [1.29, 1.82) is 0 Å². The first kappa shape index (κ1) is 24.0. The van der Waals surface area contributed by atoms with Crippen molar-refractivity contribution in [3.8, 4) is 0 Å². The lowest BCUT2D eigenvalue weighted by Crippen LogP contribution is -2.44. The van der Waals surface area contributed by atoms with Crippen LogP contribution in [0.5, 0.6) is 0 Å². The number of rotatable bonds is 8. The van der Waals surface area contributed by atoms with Crippen LogP contribution in [-0.4, -0.2) is 54.1 Å². The highest BCUT2D eigenvalue weighted by molar-refractivity contribution is 6.30. The molecule has 1 saturated heterocycles. The topological polar surface area (TPSA) is 80.6 Å². The zero-order valence-corrected chi connectivity index (χ0v) is 19.4. The summed E-state index contributed by atoms with van der Waals surface area (Å²) in [4.78, 5) is 40.9. The van der Waals surface area contributed by atoms with E-state index in [9.17, 15) is 14.4 Å². The number of halogens is 1. The van der Waals surface area contributed by atoms with Gasteiger partial charge in [0.15, 0.2) is 0 Å². The standard InChI is InChI=1S/C24H30ClN3O4/c1-17-6-3-4-11-28(17)24(31)21-16-27(12-13-32-2)15-20(22(21)29)23(30)26-10-9-18-7-5-8-19(25)14-18/h5,7-8,14-17H,3-4,6,9-13H2,1-2H3,(H,26,30)/t17-/m1/s1. The molecule has 2 amide bonds. The van der Waals surface area contributed by atoms with Gasteiger partial charge in [0.2, 0.25) is 5.43 Å². The second-order valence-corrected chi connectivity index (χ2v) is 8.56. The molecule has 1 N–H and O–H groups in total.